The second-order valence-corrected chi connectivity index (χ2v) is 9.54. The monoisotopic (exact) mass is 466 g/mol. The average Bonchev–Trinajstić information content (AvgIpc) is 3.37. The van der Waals surface area contributed by atoms with Crippen LogP contribution in [0, 0.1) is 5.92 Å². The normalized spacial score (nSPS) is 15.4. The molecular weight excluding hydrogens is 440 g/mol. The summed E-state index contributed by atoms with van der Waals surface area (Å²) in [6, 6.07) is 19.4. The smallest absolute Gasteiger partial charge is 0.254 e. The zero-order valence-electron chi connectivity index (χ0n) is 18.1. The molecule has 0 N–H and O–H groups in total. The first-order chi connectivity index (χ1) is 15.5. The predicted octanol–water partition coefficient (Wildman–Crippen LogP) is 5.64. The topological polar surface area (TPSA) is 40.6 Å². The summed E-state index contributed by atoms with van der Waals surface area (Å²) >= 11 is 7.61. The third kappa shape index (κ3) is 5.22. The second-order valence-electron chi connectivity index (χ2n) is 8.33. The molecule has 3 aromatic rings. The lowest BCUT2D eigenvalue weighted by Crippen LogP contribution is -2.48. The molecule has 0 radical (unpaired) electrons. The fourth-order valence-electron chi connectivity index (χ4n) is 4.51. The Hall–Kier alpha value is -2.63. The van der Waals surface area contributed by atoms with Crippen molar-refractivity contribution in [3.05, 3.63) is 93.1 Å². The Bertz CT molecular complexity index is 1050. The molecule has 1 aromatic heterocycles. The van der Waals surface area contributed by atoms with Crippen molar-refractivity contribution in [1.29, 1.82) is 0 Å². The summed E-state index contributed by atoms with van der Waals surface area (Å²) in [5, 5.41) is 4.42. The highest BCUT2D eigenvalue weighted by Crippen LogP contribution is 2.28. The van der Waals surface area contributed by atoms with Gasteiger partial charge in [0.2, 0.25) is 0 Å². The molecule has 166 valence electrons. The molecule has 1 saturated heterocycles. The fraction of sp³-hybridized carbons (Fsp3) is 0.308. The summed E-state index contributed by atoms with van der Waals surface area (Å²) in [5.41, 5.74) is 2.59. The van der Waals surface area contributed by atoms with E-state index in [1.807, 2.05) is 64.0 Å². The van der Waals surface area contributed by atoms with Gasteiger partial charge in [-0.3, -0.25) is 9.59 Å². The van der Waals surface area contributed by atoms with Crippen molar-refractivity contribution in [2.24, 2.45) is 5.92 Å². The van der Waals surface area contributed by atoms with Gasteiger partial charge in [0.15, 0.2) is 0 Å². The van der Waals surface area contributed by atoms with Crippen molar-refractivity contribution in [2.45, 2.75) is 25.3 Å². The van der Waals surface area contributed by atoms with Crippen LogP contribution in [0.1, 0.15) is 39.1 Å². The van der Waals surface area contributed by atoms with Crippen LogP contribution in [-0.2, 0) is 6.42 Å². The predicted molar refractivity (Wildman–Crippen MR) is 130 cm³/mol. The van der Waals surface area contributed by atoms with Gasteiger partial charge in [-0.2, -0.15) is 11.3 Å². The van der Waals surface area contributed by atoms with Crippen molar-refractivity contribution in [2.75, 3.05) is 20.1 Å². The number of amides is 2. The minimum Gasteiger partial charge on any atom is -0.339 e. The molecule has 32 heavy (non-hydrogen) atoms. The summed E-state index contributed by atoms with van der Waals surface area (Å²) in [4.78, 5) is 29.9. The lowest BCUT2D eigenvalue weighted by molar-refractivity contribution is 0.0522. The minimum atomic E-state index is 0.0215. The Kier molecular flexibility index (Phi) is 7.28. The van der Waals surface area contributed by atoms with Gasteiger partial charge in [0, 0.05) is 42.1 Å². The molecular formula is C26H27ClN2O2S. The van der Waals surface area contributed by atoms with E-state index in [4.69, 9.17) is 11.6 Å². The number of carbonyl (C=O) groups excluding carboxylic acids is 2. The maximum atomic E-state index is 13.1. The molecule has 4 rings (SSSR count). The number of nitrogens with zero attached hydrogens (tertiary/aromatic N) is 2. The zero-order valence-corrected chi connectivity index (χ0v) is 19.7. The van der Waals surface area contributed by atoms with Crippen LogP contribution in [-0.4, -0.2) is 47.8 Å². The number of benzene rings is 2. The first kappa shape index (κ1) is 22.6. The van der Waals surface area contributed by atoms with Gasteiger partial charge in [0.25, 0.3) is 11.8 Å². The van der Waals surface area contributed by atoms with Crippen LogP contribution in [0.3, 0.4) is 0 Å². The number of rotatable bonds is 6. The van der Waals surface area contributed by atoms with E-state index in [0.717, 1.165) is 24.8 Å². The van der Waals surface area contributed by atoms with Gasteiger partial charge in [-0.25, -0.2) is 0 Å². The number of piperidine rings is 1. The van der Waals surface area contributed by atoms with Crippen molar-refractivity contribution in [1.82, 2.24) is 9.80 Å². The highest BCUT2D eigenvalue weighted by molar-refractivity contribution is 7.08. The number of carbonyl (C=O) groups is 2. The molecule has 2 aromatic carbocycles. The Labute approximate surface area is 198 Å². The zero-order chi connectivity index (χ0) is 22.5. The fourth-order valence-corrected chi connectivity index (χ4v) is 5.33. The summed E-state index contributed by atoms with van der Waals surface area (Å²) in [7, 11) is 1.91. The minimum absolute atomic E-state index is 0.0215. The number of likely N-dealkylation sites (N-methyl/N-ethyl adjacent to an activating group) is 1. The largest absolute Gasteiger partial charge is 0.339 e. The van der Waals surface area contributed by atoms with E-state index in [1.54, 1.807) is 12.1 Å². The van der Waals surface area contributed by atoms with Crippen LogP contribution in [0.5, 0.6) is 0 Å². The Morgan fingerprint density at radius 1 is 1.06 bits per heavy atom. The van der Waals surface area contributed by atoms with E-state index < -0.39 is 0 Å². The maximum absolute atomic E-state index is 13.1. The van der Waals surface area contributed by atoms with E-state index >= 15 is 0 Å². The molecule has 1 fully saturated rings. The van der Waals surface area contributed by atoms with Crippen molar-refractivity contribution >= 4 is 34.8 Å². The number of hydrogen-bond donors (Lipinski definition) is 0. The summed E-state index contributed by atoms with van der Waals surface area (Å²) in [6.45, 7) is 1.36. The van der Waals surface area contributed by atoms with Gasteiger partial charge >= 0.3 is 0 Å². The van der Waals surface area contributed by atoms with E-state index in [9.17, 15) is 9.59 Å². The van der Waals surface area contributed by atoms with Gasteiger partial charge < -0.3 is 9.80 Å². The highest BCUT2D eigenvalue weighted by atomic mass is 35.5. The molecule has 6 heteroatoms. The van der Waals surface area contributed by atoms with E-state index in [2.05, 4.69) is 12.1 Å². The Balaban J connectivity index is 1.48. The third-order valence-corrected chi connectivity index (χ3v) is 7.23. The van der Waals surface area contributed by atoms with Gasteiger partial charge in [-0.05, 0) is 60.4 Å². The van der Waals surface area contributed by atoms with Crippen molar-refractivity contribution in [3.63, 3.8) is 0 Å². The first-order valence-electron chi connectivity index (χ1n) is 10.9. The molecule has 1 atom stereocenters. The van der Waals surface area contributed by atoms with Crippen molar-refractivity contribution < 1.29 is 9.59 Å². The van der Waals surface area contributed by atoms with Crippen LogP contribution in [0.15, 0.2) is 71.4 Å². The Morgan fingerprint density at radius 2 is 1.81 bits per heavy atom. The molecule has 1 aliphatic rings. The van der Waals surface area contributed by atoms with Crippen LogP contribution >= 0.6 is 22.9 Å². The average molecular weight is 467 g/mol. The van der Waals surface area contributed by atoms with Crippen LogP contribution < -0.4 is 0 Å². The molecule has 0 bridgehead atoms. The molecule has 1 aliphatic heterocycles. The van der Waals surface area contributed by atoms with Gasteiger partial charge in [-0.15, -0.1) is 0 Å². The van der Waals surface area contributed by atoms with E-state index in [0.29, 0.717) is 29.6 Å². The third-order valence-electron chi connectivity index (χ3n) is 6.32. The van der Waals surface area contributed by atoms with Gasteiger partial charge in [0.05, 0.1) is 5.56 Å². The summed E-state index contributed by atoms with van der Waals surface area (Å²) in [5.74, 6) is 0.407. The van der Waals surface area contributed by atoms with Crippen molar-refractivity contribution in [3.8, 4) is 0 Å². The number of likely N-dealkylation sites (tertiary alicyclic amines) is 1. The van der Waals surface area contributed by atoms with Crippen LogP contribution in [0.4, 0.5) is 0 Å². The molecule has 2 heterocycles. The van der Waals surface area contributed by atoms with Crippen LogP contribution in [0.25, 0.3) is 0 Å². The quantitative estimate of drug-likeness (QED) is 0.471. The maximum Gasteiger partial charge on any atom is 0.254 e. The Morgan fingerprint density at radius 3 is 2.47 bits per heavy atom. The summed E-state index contributed by atoms with van der Waals surface area (Å²) < 4.78 is 0. The standard InChI is InChI=1S/C26H27ClN2O2S/c1-28(25(30)22-12-15-32-18-22)24(16-19-6-3-2-4-7-19)20-10-13-29(14-11-20)26(31)21-8-5-9-23(27)17-21/h2-9,12,15,17-18,20,24H,10-11,13-14,16H2,1H3. The summed E-state index contributed by atoms with van der Waals surface area (Å²) in [6.07, 6.45) is 2.54. The SMILES string of the molecule is CN(C(=O)c1ccsc1)C(Cc1ccccc1)C1CCN(C(=O)c2cccc(Cl)c2)CC1. The molecule has 0 aliphatic carbocycles. The lowest BCUT2D eigenvalue weighted by atomic mass is 9.84. The number of thiophene rings is 1. The van der Waals surface area contributed by atoms with Crippen LogP contribution in [0.2, 0.25) is 5.02 Å². The lowest BCUT2D eigenvalue weighted by Gasteiger charge is -2.40. The first-order valence-corrected chi connectivity index (χ1v) is 12.2. The highest BCUT2D eigenvalue weighted by Gasteiger charge is 2.33. The molecule has 1 unspecified atom stereocenters. The molecule has 4 nitrogen and oxygen atoms in total. The van der Waals surface area contributed by atoms with Gasteiger partial charge in [0.1, 0.15) is 0 Å². The molecule has 2 amide bonds. The molecule has 0 saturated carbocycles. The van der Waals surface area contributed by atoms with E-state index in [1.165, 1.54) is 16.9 Å². The number of hydrogen-bond acceptors (Lipinski definition) is 3. The molecule has 0 spiro atoms. The van der Waals surface area contributed by atoms with E-state index in [-0.39, 0.29) is 17.9 Å². The number of halogens is 1. The van der Waals surface area contributed by atoms with Gasteiger partial charge in [-0.1, -0.05) is 48.0 Å². The second kappa shape index (κ2) is 10.3.